The number of hydrogen-bond acceptors (Lipinski definition) is 8. The second kappa shape index (κ2) is 14.3. The standard InChI is InChI=1S/C18H31N3O7S/c1-13(21-17(24)11-14(29-3)18(21)25)10-15(22)19-4-6-27-8-9-28-7-5-20-16(23)12-26-2/h13-14H,4-12H2,1-3H3,(H,19,22)(H,20,23). The summed E-state index contributed by atoms with van der Waals surface area (Å²) < 4.78 is 15.3. The van der Waals surface area contributed by atoms with E-state index >= 15 is 0 Å². The van der Waals surface area contributed by atoms with E-state index < -0.39 is 6.04 Å². The molecule has 2 N–H and O–H groups in total. The van der Waals surface area contributed by atoms with Gasteiger partial charge in [-0.25, -0.2) is 0 Å². The fourth-order valence-corrected chi connectivity index (χ4v) is 3.36. The fraction of sp³-hybridized carbons (Fsp3) is 0.778. The van der Waals surface area contributed by atoms with Crippen molar-refractivity contribution in [2.24, 2.45) is 0 Å². The lowest BCUT2D eigenvalue weighted by molar-refractivity contribution is -0.141. The van der Waals surface area contributed by atoms with Gasteiger partial charge in [0.25, 0.3) is 0 Å². The van der Waals surface area contributed by atoms with Crippen LogP contribution in [0.1, 0.15) is 19.8 Å². The summed E-state index contributed by atoms with van der Waals surface area (Å²) in [6, 6.07) is -0.467. The zero-order valence-electron chi connectivity index (χ0n) is 17.2. The van der Waals surface area contributed by atoms with Crippen molar-refractivity contribution in [3.05, 3.63) is 0 Å². The molecule has 0 aromatic carbocycles. The number of carbonyl (C=O) groups is 4. The summed E-state index contributed by atoms with van der Waals surface area (Å²) in [7, 11) is 1.45. The number of ether oxygens (including phenoxy) is 3. The summed E-state index contributed by atoms with van der Waals surface area (Å²) >= 11 is 1.35. The smallest absolute Gasteiger partial charge is 0.246 e. The lowest BCUT2D eigenvalue weighted by Gasteiger charge is -2.22. The van der Waals surface area contributed by atoms with E-state index in [0.29, 0.717) is 39.5 Å². The third-order valence-corrected chi connectivity index (χ3v) is 5.07. The van der Waals surface area contributed by atoms with Gasteiger partial charge in [-0.05, 0) is 13.2 Å². The molecule has 1 heterocycles. The van der Waals surface area contributed by atoms with Crippen LogP contribution in [0.4, 0.5) is 0 Å². The molecule has 1 fully saturated rings. The van der Waals surface area contributed by atoms with Crippen molar-refractivity contribution in [3.8, 4) is 0 Å². The highest BCUT2D eigenvalue weighted by Gasteiger charge is 2.40. The van der Waals surface area contributed by atoms with Gasteiger partial charge < -0.3 is 24.8 Å². The molecule has 11 heteroatoms. The van der Waals surface area contributed by atoms with Gasteiger partial charge in [-0.15, -0.1) is 0 Å². The maximum atomic E-state index is 12.2. The lowest BCUT2D eigenvalue weighted by Crippen LogP contribution is -2.42. The van der Waals surface area contributed by atoms with E-state index in [1.54, 1.807) is 13.2 Å². The molecule has 166 valence electrons. The number of nitrogens with zero attached hydrogens (tertiary/aromatic N) is 1. The van der Waals surface area contributed by atoms with Crippen LogP contribution in [0.5, 0.6) is 0 Å². The minimum atomic E-state index is -0.467. The monoisotopic (exact) mass is 433 g/mol. The van der Waals surface area contributed by atoms with Crippen LogP contribution in [0.3, 0.4) is 0 Å². The highest BCUT2D eigenvalue weighted by Crippen LogP contribution is 2.25. The van der Waals surface area contributed by atoms with Crippen LogP contribution in [0.15, 0.2) is 0 Å². The average Bonchev–Trinajstić information content (AvgIpc) is 2.96. The van der Waals surface area contributed by atoms with Crippen molar-refractivity contribution in [3.63, 3.8) is 0 Å². The Kier molecular flexibility index (Phi) is 12.5. The molecule has 0 aromatic rings. The number of rotatable bonds is 15. The average molecular weight is 434 g/mol. The molecule has 1 rings (SSSR count). The number of methoxy groups -OCH3 is 1. The summed E-state index contributed by atoms with van der Waals surface area (Å²) in [4.78, 5) is 48.4. The molecule has 10 nitrogen and oxygen atoms in total. The lowest BCUT2D eigenvalue weighted by atomic mass is 10.2. The molecule has 2 atom stereocenters. The van der Waals surface area contributed by atoms with Crippen LogP contribution >= 0.6 is 11.8 Å². The van der Waals surface area contributed by atoms with E-state index in [9.17, 15) is 19.2 Å². The van der Waals surface area contributed by atoms with Crippen molar-refractivity contribution in [1.82, 2.24) is 15.5 Å². The minimum Gasteiger partial charge on any atom is -0.377 e. The van der Waals surface area contributed by atoms with Crippen LogP contribution < -0.4 is 10.6 Å². The maximum Gasteiger partial charge on any atom is 0.246 e. The van der Waals surface area contributed by atoms with Crippen molar-refractivity contribution in [2.45, 2.75) is 31.1 Å². The van der Waals surface area contributed by atoms with Gasteiger partial charge in [0.2, 0.25) is 23.6 Å². The van der Waals surface area contributed by atoms with E-state index in [2.05, 4.69) is 15.4 Å². The number of carbonyl (C=O) groups excluding carboxylic acids is 4. The summed E-state index contributed by atoms with van der Waals surface area (Å²) in [6.45, 7) is 3.89. The molecule has 0 saturated carbocycles. The van der Waals surface area contributed by atoms with E-state index in [-0.39, 0.29) is 48.3 Å². The molecule has 1 aliphatic heterocycles. The first-order valence-electron chi connectivity index (χ1n) is 9.47. The van der Waals surface area contributed by atoms with E-state index in [1.807, 2.05) is 0 Å². The predicted octanol–water partition coefficient (Wildman–Crippen LogP) is -0.832. The molecule has 0 aliphatic carbocycles. The summed E-state index contributed by atoms with van der Waals surface area (Å²) in [5.41, 5.74) is 0. The number of thioether (sulfide) groups is 1. The second-order valence-electron chi connectivity index (χ2n) is 6.44. The Morgan fingerprint density at radius 1 is 1.10 bits per heavy atom. The highest BCUT2D eigenvalue weighted by atomic mass is 32.2. The molecule has 2 unspecified atom stereocenters. The number of likely N-dealkylation sites (tertiary alicyclic amines) is 1. The number of hydrogen-bond donors (Lipinski definition) is 2. The maximum absolute atomic E-state index is 12.2. The van der Waals surface area contributed by atoms with Crippen molar-refractivity contribution >= 4 is 35.4 Å². The van der Waals surface area contributed by atoms with Gasteiger partial charge in [0.05, 0.1) is 31.7 Å². The number of amides is 4. The molecule has 1 aliphatic rings. The molecule has 0 spiro atoms. The molecule has 0 radical (unpaired) electrons. The van der Waals surface area contributed by atoms with Crippen LogP contribution in [-0.4, -0.2) is 99.3 Å². The zero-order valence-corrected chi connectivity index (χ0v) is 18.0. The first kappa shape index (κ1) is 25.3. The molecule has 29 heavy (non-hydrogen) atoms. The molecular weight excluding hydrogens is 402 g/mol. The van der Waals surface area contributed by atoms with Crippen LogP contribution in [0.2, 0.25) is 0 Å². The first-order valence-corrected chi connectivity index (χ1v) is 10.8. The Hall–Kier alpha value is -1.69. The van der Waals surface area contributed by atoms with Gasteiger partial charge in [-0.1, -0.05) is 0 Å². The summed E-state index contributed by atoms with van der Waals surface area (Å²) in [5, 5.41) is 5.00. The van der Waals surface area contributed by atoms with Crippen molar-refractivity contribution < 1.29 is 33.4 Å². The van der Waals surface area contributed by atoms with Gasteiger partial charge in [0.15, 0.2) is 0 Å². The van der Waals surface area contributed by atoms with Crippen LogP contribution in [0.25, 0.3) is 0 Å². The Labute approximate surface area is 175 Å². The molecular formula is C18H31N3O7S. The Morgan fingerprint density at radius 2 is 1.69 bits per heavy atom. The van der Waals surface area contributed by atoms with Crippen molar-refractivity contribution in [2.75, 3.05) is 59.5 Å². The van der Waals surface area contributed by atoms with E-state index in [0.717, 1.165) is 0 Å². The van der Waals surface area contributed by atoms with E-state index in [1.165, 1.54) is 23.8 Å². The Morgan fingerprint density at radius 3 is 2.21 bits per heavy atom. The molecule has 4 amide bonds. The third-order valence-electron chi connectivity index (χ3n) is 4.13. The topological polar surface area (TPSA) is 123 Å². The molecule has 1 saturated heterocycles. The number of imide groups is 1. The molecule has 0 aromatic heterocycles. The quantitative estimate of drug-likeness (QED) is 0.253. The predicted molar refractivity (Wildman–Crippen MR) is 107 cm³/mol. The highest BCUT2D eigenvalue weighted by molar-refractivity contribution is 8.00. The number of nitrogens with one attached hydrogen (secondary N) is 2. The fourth-order valence-electron chi connectivity index (χ4n) is 2.73. The zero-order chi connectivity index (χ0) is 21.6. The van der Waals surface area contributed by atoms with Crippen LogP contribution in [0, 0.1) is 0 Å². The molecule has 0 bridgehead atoms. The second-order valence-corrected chi connectivity index (χ2v) is 7.48. The van der Waals surface area contributed by atoms with Gasteiger partial charge in [0.1, 0.15) is 6.61 Å². The SMILES string of the molecule is COCC(=O)NCCOCCOCCNC(=O)CC(C)N1C(=O)CC(SC)C1=O. The summed E-state index contributed by atoms with van der Waals surface area (Å²) in [6.07, 6.45) is 2.06. The minimum absolute atomic E-state index is 0.0244. The Bertz CT molecular complexity index is 562. The summed E-state index contributed by atoms with van der Waals surface area (Å²) in [5.74, 6) is -0.877. The van der Waals surface area contributed by atoms with Crippen molar-refractivity contribution in [1.29, 1.82) is 0 Å². The normalized spacial score (nSPS) is 17.5. The van der Waals surface area contributed by atoms with Gasteiger partial charge in [-0.3, -0.25) is 24.1 Å². The Balaban J connectivity index is 2.03. The van der Waals surface area contributed by atoms with Gasteiger partial charge in [-0.2, -0.15) is 11.8 Å². The van der Waals surface area contributed by atoms with Gasteiger partial charge >= 0.3 is 0 Å². The largest absolute Gasteiger partial charge is 0.377 e. The third kappa shape index (κ3) is 9.57. The first-order chi connectivity index (χ1) is 13.9. The van der Waals surface area contributed by atoms with Crippen LogP contribution in [-0.2, 0) is 33.4 Å². The van der Waals surface area contributed by atoms with Gasteiger partial charge in [0, 0.05) is 39.1 Å². The van der Waals surface area contributed by atoms with E-state index in [4.69, 9.17) is 9.47 Å².